The molecule has 4 rings (SSSR count). The fourth-order valence-corrected chi connectivity index (χ4v) is 4.89. The number of aryl methyl sites for hydroxylation is 3. The van der Waals surface area contributed by atoms with Crippen LogP contribution in [0.1, 0.15) is 22.5 Å². The summed E-state index contributed by atoms with van der Waals surface area (Å²) in [6.45, 7) is 9.53. The number of carbonyl (C=O) groups is 1. The van der Waals surface area contributed by atoms with Gasteiger partial charge < -0.3 is 24.2 Å². The highest BCUT2D eigenvalue weighted by molar-refractivity contribution is 5.77. The third kappa shape index (κ3) is 8.29. The molecule has 1 aromatic heterocycles. The van der Waals surface area contributed by atoms with Crippen molar-refractivity contribution >= 4 is 5.91 Å². The minimum atomic E-state index is -1.25. The lowest BCUT2D eigenvalue weighted by molar-refractivity contribution is -0.138. The fourth-order valence-electron chi connectivity index (χ4n) is 4.89. The SMILES string of the molecule is COCC(=O)N1CCN(Cc2cccc(OCCn3nc(C)cc3C)c2)C[C@](O)(COc2ccc(C)cc2)C1. The van der Waals surface area contributed by atoms with Crippen molar-refractivity contribution in [1.29, 1.82) is 0 Å². The number of methoxy groups -OCH3 is 1. The standard InChI is InChI=1S/C30H40N4O5/c1-23-8-10-27(11-9-23)39-22-30(36)20-32(12-13-33(21-30)29(35)19-37-4)18-26-6-5-7-28(17-26)38-15-14-34-25(3)16-24(2)31-34/h5-11,16-17,36H,12-15,18-22H2,1-4H3/t30-/m1/s1. The maximum Gasteiger partial charge on any atom is 0.248 e. The minimum absolute atomic E-state index is 0.0219. The van der Waals surface area contributed by atoms with Crippen LogP contribution in [0.15, 0.2) is 54.6 Å². The number of amides is 1. The Bertz CT molecular complexity index is 1230. The van der Waals surface area contributed by atoms with Gasteiger partial charge in [0.1, 0.15) is 36.9 Å². The molecule has 0 bridgehead atoms. The molecule has 1 amide bonds. The molecule has 1 aliphatic rings. The minimum Gasteiger partial charge on any atom is -0.492 e. The van der Waals surface area contributed by atoms with Crippen LogP contribution in [0.4, 0.5) is 0 Å². The van der Waals surface area contributed by atoms with Crippen LogP contribution in [-0.4, -0.2) is 89.3 Å². The molecule has 1 aliphatic heterocycles. The van der Waals surface area contributed by atoms with Crippen LogP contribution in [0.3, 0.4) is 0 Å². The summed E-state index contributed by atoms with van der Waals surface area (Å²) in [6, 6.07) is 17.8. The van der Waals surface area contributed by atoms with Gasteiger partial charge in [0.15, 0.2) is 0 Å². The molecule has 1 N–H and O–H groups in total. The zero-order valence-electron chi connectivity index (χ0n) is 23.4. The summed E-state index contributed by atoms with van der Waals surface area (Å²) in [7, 11) is 1.50. The van der Waals surface area contributed by atoms with Gasteiger partial charge in [-0.15, -0.1) is 0 Å². The Morgan fingerprint density at radius 2 is 1.79 bits per heavy atom. The van der Waals surface area contributed by atoms with Crippen LogP contribution in [-0.2, 0) is 22.6 Å². The molecule has 3 aromatic rings. The zero-order valence-corrected chi connectivity index (χ0v) is 23.4. The number of rotatable bonds is 11. The number of nitrogens with zero attached hydrogens (tertiary/aromatic N) is 4. The van der Waals surface area contributed by atoms with Gasteiger partial charge in [0.2, 0.25) is 5.91 Å². The number of benzene rings is 2. The maximum absolute atomic E-state index is 12.7. The second kappa shape index (κ2) is 13.1. The molecule has 0 aliphatic carbocycles. The molecule has 0 spiro atoms. The molecule has 1 saturated heterocycles. The van der Waals surface area contributed by atoms with Gasteiger partial charge in [-0.05, 0) is 56.7 Å². The highest BCUT2D eigenvalue weighted by atomic mass is 16.5. The Morgan fingerprint density at radius 1 is 1.00 bits per heavy atom. The van der Waals surface area contributed by atoms with E-state index in [9.17, 15) is 9.90 Å². The van der Waals surface area contributed by atoms with Crippen LogP contribution >= 0.6 is 0 Å². The Labute approximate surface area is 230 Å². The van der Waals surface area contributed by atoms with Crippen molar-refractivity contribution in [3.05, 3.63) is 77.1 Å². The van der Waals surface area contributed by atoms with Crippen molar-refractivity contribution in [3.8, 4) is 11.5 Å². The highest BCUT2D eigenvalue weighted by Gasteiger charge is 2.37. The number of ether oxygens (including phenoxy) is 3. The van der Waals surface area contributed by atoms with E-state index >= 15 is 0 Å². The first-order valence-electron chi connectivity index (χ1n) is 13.4. The van der Waals surface area contributed by atoms with E-state index in [2.05, 4.69) is 22.1 Å². The molecule has 210 valence electrons. The first kappa shape index (κ1) is 28.6. The van der Waals surface area contributed by atoms with Gasteiger partial charge in [-0.1, -0.05) is 29.8 Å². The molecule has 0 radical (unpaired) electrons. The fraction of sp³-hybridized carbons (Fsp3) is 0.467. The van der Waals surface area contributed by atoms with Crippen molar-refractivity contribution in [3.63, 3.8) is 0 Å². The summed E-state index contributed by atoms with van der Waals surface area (Å²) in [5.74, 6) is 1.33. The Morgan fingerprint density at radius 3 is 2.51 bits per heavy atom. The lowest BCUT2D eigenvalue weighted by atomic mass is 10.0. The van der Waals surface area contributed by atoms with Crippen molar-refractivity contribution in [1.82, 2.24) is 19.6 Å². The molecular formula is C30H40N4O5. The van der Waals surface area contributed by atoms with Crippen molar-refractivity contribution in [2.75, 3.05) is 53.1 Å². The van der Waals surface area contributed by atoms with Crippen molar-refractivity contribution in [2.45, 2.75) is 39.5 Å². The van der Waals surface area contributed by atoms with Gasteiger partial charge in [0, 0.05) is 39.0 Å². The van der Waals surface area contributed by atoms with Crippen LogP contribution in [0, 0.1) is 20.8 Å². The zero-order chi connectivity index (χ0) is 27.8. The number of hydrogen-bond acceptors (Lipinski definition) is 7. The molecule has 0 saturated carbocycles. The van der Waals surface area contributed by atoms with Crippen LogP contribution in [0.5, 0.6) is 11.5 Å². The smallest absolute Gasteiger partial charge is 0.248 e. The maximum atomic E-state index is 12.7. The second-order valence-electron chi connectivity index (χ2n) is 10.4. The second-order valence-corrected chi connectivity index (χ2v) is 10.4. The molecule has 2 aromatic carbocycles. The number of β-amino-alcohol motifs (C(OH)–C–C–N with tert-alkyl or cyclic N) is 1. The van der Waals surface area contributed by atoms with Crippen molar-refractivity contribution < 1.29 is 24.1 Å². The summed E-state index contributed by atoms with van der Waals surface area (Å²) in [5, 5.41) is 16.2. The molecule has 39 heavy (non-hydrogen) atoms. The highest BCUT2D eigenvalue weighted by Crippen LogP contribution is 2.22. The van der Waals surface area contributed by atoms with E-state index in [1.54, 1.807) is 4.90 Å². The average molecular weight is 537 g/mol. The van der Waals surface area contributed by atoms with E-state index in [0.717, 1.165) is 28.3 Å². The summed E-state index contributed by atoms with van der Waals surface area (Å²) < 4.78 is 19.0. The van der Waals surface area contributed by atoms with E-state index in [0.29, 0.717) is 45.1 Å². The number of aromatic nitrogens is 2. The molecule has 1 atom stereocenters. The Balaban J connectivity index is 1.41. The summed E-state index contributed by atoms with van der Waals surface area (Å²) in [6.07, 6.45) is 0. The van der Waals surface area contributed by atoms with Gasteiger partial charge >= 0.3 is 0 Å². The van der Waals surface area contributed by atoms with Crippen LogP contribution < -0.4 is 9.47 Å². The monoisotopic (exact) mass is 536 g/mol. The van der Waals surface area contributed by atoms with E-state index in [-0.39, 0.29) is 25.7 Å². The molecular weight excluding hydrogens is 496 g/mol. The van der Waals surface area contributed by atoms with Crippen LogP contribution in [0.25, 0.3) is 0 Å². The van der Waals surface area contributed by atoms with E-state index in [1.165, 1.54) is 7.11 Å². The van der Waals surface area contributed by atoms with Crippen LogP contribution in [0.2, 0.25) is 0 Å². The van der Waals surface area contributed by atoms with Gasteiger partial charge in [0.05, 0.1) is 18.8 Å². The Hall–Kier alpha value is -3.40. The lowest BCUT2D eigenvalue weighted by Crippen LogP contribution is -2.52. The summed E-state index contributed by atoms with van der Waals surface area (Å²) in [4.78, 5) is 16.5. The van der Waals surface area contributed by atoms with Crippen molar-refractivity contribution in [2.24, 2.45) is 0 Å². The lowest BCUT2D eigenvalue weighted by Gasteiger charge is -2.33. The Kier molecular flexibility index (Phi) is 9.61. The summed E-state index contributed by atoms with van der Waals surface area (Å²) in [5.41, 5.74) is 3.06. The number of aliphatic hydroxyl groups is 1. The quantitative estimate of drug-likeness (QED) is 0.403. The molecule has 0 unspecified atom stereocenters. The van der Waals surface area contributed by atoms with Gasteiger partial charge in [-0.25, -0.2) is 0 Å². The largest absolute Gasteiger partial charge is 0.492 e. The van der Waals surface area contributed by atoms with Gasteiger partial charge in [-0.2, -0.15) is 5.10 Å². The van der Waals surface area contributed by atoms with E-state index < -0.39 is 5.60 Å². The third-order valence-corrected chi connectivity index (χ3v) is 6.82. The normalized spacial score (nSPS) is 18.1. The predicted octanol–water partition coefficient (Wildman–Crippen LogP) is 2.99. The first-order chi connectivity index (χ1) is 18.7. The molecule has 9 heteroatoms. The number of carbonyl (C=O) groups excluding carboxylic acids is 1. The van der Waals surface area contributed by atoms with E-state index in [1.807, 2.05) is 67.9 Å². The predicted molar refractivity (Wildman–Crippen MR) is 149 cm³/mol. The van der Waals surface area contributed by atoms with Gasteiger partial charge in [0.25, 0.3) is 0 Å². The van der Waals surface area contributed by atoms with E-state index in [4.69, 9.17) is 14.2 Å². The molecule has 2 heterocycles. The number of hydrogen-bond donors (Lipinski definition) is 1. The third-order valence-electron chi connectivity index (χ3n) is 6.82. The molecule has 1 fully saturated rings. The first-order valence-corrected chi connectivity index (χ1v) is 13.4. The topological polar surface area (TPSA) is 89.3 Å². The summed E-state index contributed by atoms with van der Waals surface area (Å²) >= 11 is 0. The average Bonchev–Trinajstić information content (AvgIpc) is 3.12. The molecule has 9 nitrogen and oxygen atoms in total. The van der Waals surface area contributed by atoms with Gasteiger partial charge in [-0.3, -0.25) is 14.4 Å².